The second kappa shape index (κ2) is 3.56. The first kappa shape index (κ1) is 10.3. The Morgan fingerprint density at radius 3 is 3.12 bits per heavy atom. The third-order valence-electron chi connectivity index (χ3n) is 3.33. The summed E-state index contributed by atoms with van der Waals surface area (Å²) >= 11 is 0. The number of hydrazone groups is 1. The molecule has 1 atom stereocenters. The van der Waals surface area contributed by atoms with E-state index in [0.717, 1.165) is 11.1 Å². The number of carbonyl (C=O) groups is 1. The Bertz CT molecular complexity index is 512. The normalized spacial score (nSPS) is 26.2. The average Bonchev–Trinajstić information content (AvgIpc) is 2.50. The number of rotatable bonds is 1. The molecule has 1 aliphatic heterocycles. The molecule has 0 amide bonds. The molecular formula is C12H12N2O3. The van der Waals surface area contributed by atoms with Crippen LogP contribution in [0.4, 0.5) is 0 Å². The number of ether oxygens (including phenoxy) is 1. The van der Waals surface area contributed by atoms with Crippen molar-refractivity contribution >= 4 is 11.7 Å². The highest BCUT2D eigenvalue weighted by Crippen LogP contribution is 2.38. The molecule has 5 heteroatoms. The van der Waals surface area contributed by atoms with E-state index in [4.69, 9.17) is 4.74 Å². The third-order valence-corrected chi connectivity index (χ3v) is 3.33. The van der Waals surface area contributed by atoms with Crippen molar-refractivity contribution in [2.24, 2.45) is 10.5 Å². The van der Waals surface area contributed by atoms with E-state index >= 15 is 0 Å². The second-order valence-electron chi connectivity index (χ2n) is 4.33. The summed E-state index contributed by atoms with van der Waals surface area (Å²) in [5.74, 6) is -0.879. The molecule has 2 N–H and O–H groups in total. The van der Waals surface area contributed by atoms with Gasteiger partial charge in [-0.1, -0.05) is 24.3 Å². The molecule has 0 radical (unpaired) electrons. The summed E-state index contributed by atoms with van der Waals surface area (Å²) in [6.07, 6.45) is 0.443. The Morgan fingerprint density at radius 2 is 2.29 bits per heavy atom. The van der Waals surface area contributed by atoms with E-state index in [1.54, 1.807) is 0 Å². The predicted octanol–water partition coefficient (Wildman–Crippen LogP) is 0.595. The van der Waals surface area contributed by atoms with E-state index in [-0.39, 0.29) is 13.3 Å². The van der Waals surface area contributed by atoms with Crippen LogP contribution in [0.15, 0.2) is 29.4 Å². The second-order valence-corrected chi connectivity index (χ2v) is 4.33. The van der Waals surface area contributed by atoms with Crippen molar-refractivity contribution in [2.75, 3.05) is 13.3 Å². The van der Waals surface area contributed by atoms with Gasteiger partial charge in [-0.25, -0.2) is 0 Å². The van der Waals surface area contributed by atoms with Gasteiger partial charge in [0.1, 0.15) is 12.1 Å². The lowest BCUT2D eigenvalue weighted by molar-refractivity contribution is -0.147. The Kier molecular flexibility index (Phi) is 2.16. The van der Waals surface area contributed by atoms with Crippen molar-refractivity contribution in [3.05, 3.63) is 35.4 Å². The van der Waals surface area contributed by atoms with E-state index < -0.39 is 11.4 Å². The van der Waals surface area contributed by atoms with E-state index in [9.17, 15) is 9.90 Å². The quantitative estimate of drug-likeness (QED) is 0.743. The van der Waals surface area contributed by atoms with E-state index in [2.05, 4.69) is 10.5 Å². The van der Waals surface area contributed by atoms with Gasteiger partial charge in [0.2, 0.25) is 0 Å². The summed E-state index contributed by atoms with van der Waals surface area (Å²) in [5.41, 5.74) is 4.21. The molecule has 0 saturated carbocycles. The maximum atomic E-state index is 11.6. The number of nitrogens with one attached hydrogen (secondary N) is 1. The van der Waals surface area contributed by atoms with Gasteiger partial charge in [-0.2, -0.15) is 5.10 Å². The van der Waals surface area contributed by atoms with Crippen molar-refractivity contribution in [3.8, 4) is 0 Å². The molecule has 88 valence electrons. The van der Waals surface area contributed by atoms with Crippen LogP contribution < -0.4 is 5.43 Å². The number of hydrogen-bond donors (Lipinski definition) is 2. The van der Waals surface area contributed by atoms with Gasteiger partial charge in [-0.15, -0.1) is 0 Å². The van der Waals surface area contributed by atoms with Crippen molar-refractivity contribution in [3.63, 3.8) is 0 Å². The van der Waals surface area contributed by atoms with Crippen molar-refractivity contribution in [1.29, 1.82) is 0 Å². The largest absolute Gasteiger partial charge is 0.480 e. The van der Waals surface area contributed by atoms with Crippen LogP contribution >= 0.6 is 0 Å². The zero-order valence-electron chi connectivity index (χ0n) is 9.14. The minimum atomic E-state index is -1.03. The summed E-state index contributed by atoms with van der Waals surface area (Å²) in [6.45, 7) is 0.406. The van der Waals surface area contributed by atoms with Gasteiger partial charge in [0.15, 0.2) is 0 Å². The number of carboxylic acid groups (broad SMARTS) is 1. The summed E-state index contributed by atoms with van der Waals surface area (Å²) < 4.78 is 5.30. The number of fused-ring (bicyclic) bond motifs is 3. The lowest BCUT2D eigenvalue weighted by Crippen LogP contribution is -2.41. The van der Waals surface area contributed by atoms with Crippen LogP contribution in [0.25, 0.3) is 0 Å². The number of hydrogen-bond acceptors (Lipinski definition) is 4. The Hall–Kier alpha value is -1.88. The first-order valence-electron chi connectivity index (χ1n) is 5.44. The lowest BCUT2D eigenvalue weighted by Gasteiger charge is -2.21. The number of aliphatic carboxylic acids is 1. The molecule has 17 heavy (non-hydrogen) atoms. The van der Waals surface area contributed by atoms with Gasteiger partial charge < -0.3 is 9.84 Å². The van der Waals surface area contributed by atoms with Crippen molar-refractivity contribution < 1.29 is 14.6 Å². The van der Waals surface area contributed by atoms with Crippen LogP contribution in [0, 0.1) is 5.41 Å². The van der Waals surface area contributed by atoms with Gasteiger partial charge >= 0.3 is 5.97 Å². The molecule has 1 heterocycles. The SMILES string of the molecule is O=C(O)C12COCNN=C1c1ccccc1C2. The molecule has 5 nitrogen and oxygen atoms in total. The highest BCUT2D eigenvalue weighted by atomic mass is 16.5. The number of benzene rings is 1. The van der Waals surface area contributed by atoms with Gasteiger partial charge in [0.25, 0.3) is 0 Å². The molecule has 2 aliphatic rings. The number of carboxylic acids is 1. The summed E-state index contributed by atoms with van der Waals surface area (Å²) in [4.78, 5) is 11.6. The van der Waals surface area contributed by atoms with E-state index in [1.165, 1.54) is 0 Å². The summed E-state index contributed by atoms with van der Waals surface area (Å²) in [6, 6.07) is 7.66. The lowest BCUT2D eigenvalue weighted by atomic mass is 9.84. The monoisotopic (exact) mass is 232 g/mol. The van der Waals surface area contributed by atoms with Gasteiger partial charge in [-0.3, -0.25) is 10.2 Å². The van der Waals surface area contributed by atoms with Crippen LogP contribution in [0.3, 0.4) is 0 Å². The van der Waals surface area contributed by atoms with Crippen LogP contribution in [0.1, 0.15) is 11.1 Å². The van der Waals surface area contributed by atoms with Crippen molar-refractivity contribution in [2.45, 2.75) is 6.42 Å². The zero-order valence-corrected chi connectivity index (χ0v) is 9.14. The first-order chi connectivity index (χ1) is 8.24. The zero-order chi connectivity index (χ0) is 11.9. The Morgan fingerprint density at radius 1 is 1.47 bits per heavy atom. The highest BCUT2D eigenvalue weighted by molar-refractivity contribution is 6.18. The standard InChI is InChI=1S/C12H12N2O3/c15-11(16)12-5-8-3-1-2-4-9(8)10(12)14-13-7-17-6-12/h1-4,13H,5-7H2,(H,15,16). The molecule has 0 fully saturated rings. The van der Waals surface area contributed by atoms with E-state index in [1.807, 2.05) is 24.3 Å². The summed E-state index contributed by atoms with van der Waals surface area (Å²) in [5, 5.41) is 13.7. The first-order valence-corrected chi connectivity index (χ1v) is 5.44. The fraction of sp³-hybridized carbons (Fsp3) is 0.333. The van der Waals surface area contributed by atoms with Gasteiger partial charge in [0, 0.05) is 5.56 Å². The van der Waals surface area contributed by atoms with E-state index in [0.29, 0.717) is 12.1 Å². The molecule has 1 unspecified atom stereocenters. The van der Waals surface area contributed by atoms with Gasteiger partial charge in [-0.05, 0) is 12.0 Å². The van der Waals surface area contributed by atoms with Crippen LogP contribution in [0.2, 0.25) is 0 Å². The van der Waals surface area contributed by atoms with Crippen molar-refractivity contribution in [1.82, 2.24) is 5.43 Å². The predicted molar refractivity (Wildman–Crippen MR) is 60.7 cm³/mol. The topological polar surface area (TPSA) is 70.9 Å². The molecular weight excluding hydrogens is 220 g/mol. The minimum Gasteiger partial charge on any atom is -0.480 e. The molecule has 1 aromatic carbocycles. The Balaban J connectivity index is 2.19. The fourth-order valence-electron chi connectivity index (χ4n) is 2.48. The van der Waals surface area contributed by atoms with Crippen LogP contribution in [-0.2, 0) is 16.0 Å². The minimum absolute atomic E-state index is 0.156. The van der Waals surface area contributed by atoms with Crippen LogP contribution in [-0.4, -0.2) is 30.1 Å². The molecule has 0 saturated heterocycles. The van der Waals surface area contributed by atoms with Gasteiger partial charge in [0.05, 0.1) is 12.3 Å². The maximum absolute atomic E-state index is 11.6. The molecule has 0 aromatic heterocycles. The molecule has 3 rings (SSSR count). The summed E-state index contributed by atoms with van der Waals surface area (Å²) in [7, 11) is 0. The van der Waals surface area contributed by atoms with Crippen LogP contribution in [0.5, 0.6) is 0 Å². The Labute approximate surface area is 98.1 Å². The maximum Gasteiger partial charge on any atom is 0.318 e. The molecule has 0 bridgehead atoms. The number of nitrogens with zero attached hydrogens (tertiary/aromatic N) is 1. The third kappa shape index (κ3) is 1.36. The molecule has 1 aliphatic carbocycles. The highest BCUT2D eigenvalue weighted by Gasteiger charge is 2.51. The molecule has 0 spiro atoms. The average molecular weight is 232 g/mol. The fourth-order valence-corrected chi connectivity index (χ4v) is 2.48. The molecule has 1 aromatic rings. The smallest absolute Gasteiger partial charge is 0.318 e.